The molecule has 152 valence electrons. The lowest BCUT2D eigenvalue weighted by Gasteiger charge is -2.26. The number of hydrogen-bond acceptors (Lipinski definition) is 7. The molecule has 0 fully saturated rings. The Kier molecular flexibility index (Phi) is 4.65. The molecule has 2 N–H and O–H groups in total. The number of phenolic OH excluding ortho intramolecular Hbond substituents is 2. The molecule has 0 bridgehead atoms. The molecule has 0 amide bonds. The molecule has 4 aromatic rings. The molecule has 2 aromatic heterocycles. The van der Waals surface area contributed by atoms with E-state index in [1.54, 1.807) is 11.0 Å². The van der Waals surface area contributed by atoms with E-state index in [0.717, 1.165) is 36.5 Å². The van der Waals surface area contributed by atoms with Gasteiger partial charge in [0.2, 0.25) is 0 Å². The summed E-state index contributed by atoms with van der Waals surface area (Å²) in [5.41, 5.74) is 4.36. The van der Waals surface area contributed by atoms with Crippen molar-refractivity contribution >= 4 is 11.6 Å². The van der Waals surface area contributed by atoms with E-state index in [1.807, 2.05) is 12.1 Å². The van der Waals surface area contributed by atoms with Gasteiger partial charge in [-0.1, -0.05) is 28.9 Å². The van der Waals surface area contributed by atoms with Gasteiger partial charge in [0, 0.05) is 37.7 Å². The van der Waals surface area contributed by atoms with E-state index in [9.17, 15) is 10.2 Å². The first-order valence-electron chi connectivity index (χ1n) is 9.44. The average Bonchev–Trinajstić information content (AvgIpc) is 3.41. The van der Waals surface area contributed by atoms with E-state index in [2.05, 4.69) is 32.3 Å². The number of rotatable bonds is 4. The van der Waals surface area contributed by atoms with Crippen LogP contribution < -0.4 is 0 Å². The molecule has 0 spiro atoms. The number of fused-ring (bicyclic) bond motifs is 1. The highest BCUT2D eigenvalue weighted by atomic mass is 35.5. The van der Waals surface area contributed by atoms with Crippen molar-refractivity contribution in [1.29, 1.82) is 0 Å². The molecular formula is C21H18ClN5O3. The highest BCUT2D eigenvalue weighted by Crippen LogP contribution is 2.40. The fourth-order valence-corrected chi connectivity index (χ4v) is 3.87. The normalized spacial score (nSPS) is 14.0. The number of hydrogen-bond donors (Lipinski definition) is 2. The van der Waals surface area contributed by atoms with Crippen LogP contribution in [0.1, 0.15) is 16.8 Å². The van der Waals surface area contributed by atoms with Gasteiger partial charge in [-0.15, -0.1) is 0 Å². The van der Waals surface area contributed by atoms with Crippen molar-refractivity contribution in [2.24, 2.45) is 0 Å². The maximum atomic E-state index is 10.3. The summed E-state index contributed by atoms with van der Waals surface area (Å²) in [6.45, 7) is 2.26. The van der Waals surface area contributed by atoms with Gasteiger partial charge in [0.05, 0.1) is 22.0 Å². The Morgan fingerprint density at radius 3 is 2.70 bits per heavy atom. The molecule has 0 unspecified atom stereocenters. The number of halogens is 1. The van der Waals surface area contributed by atoms with E-state index < -0.39 is 0 Å². The Labute approximate surface area is 177 Å². The zero-order valence-electron chi connectivity index (χ0n) is 15.9. The minimum absolute atomic E-state index is 0.100. The Morgan fingerprint density at radius 1 is 1.10 bits per heavy atom. The van der Waals surface area contributed by atoms with E-state index in [4.69, 9.17) is 16.1 Å². The summed E-state index contributed by atoms with van der Waals surface area (Å²) in [7, 11) is 0. The van der Waals surface area contributed by atoms with Crippen molar-refractivity contribution < 1.29 is 14.7 Å². The van der Waals surface area contributed by atoms with E-state index in [0.29, 0.717) is 17.9 Å². The van der Waals surface area contributed by atoms with Crippen LogP contribution in [0.3, 0.4) is 0 Å². The summed E-state index contributed by atoms with van der Waals surface area (Å²) in [6.07, 6.45) is 3.93. The summed E-state index contributed by atoms with van der Waals surface area (Å²) in [5.74, 6) is 0.203. The van der Waals surface area contributed by atoms with Crippen molar-refractivity contribution in [3.05, 3.63) is 70.9 Å². The summed E-state index contributed by atoms with van der Waals surface area (Å²) < 4.78 is 7.26. The van der Waals surface area contributed by atoms with Gasteiger partial charge in [-0.2, -0.15) is 5.10 Å². The smallest absolute Gasteiger partial charge is 0.175 e. The summed E-state index contributed by atoms with van der Waals surface area (Å²) in [5, 5.41) is 28.4. The van der Waals surface area contributed by atoms with Gasteiger partial charge in [-0.05, 0) is 23.8 Å². The SMILES string of the molecule is Oc1cc(O)c(-c2onc3c2CN(Cc2ccc(-n4cncn4)cc2)CC3)cc1Cl. The first-order valence-corrected chi connectivity index (χ1v) is 9.82. The van der Waals surface area contributed by atoms with Crippen LogP contribution in [0, 0.1) is 0 Å². The zero-order chi connectivity index (χ0) is 20.7. The fraction of sp³-hybridized carbons (Fsp3) is 0.190. The standard InChI is InChI=1S/C21H18ClN5O3/c22-17-7-15(19(28)8-20(17)29)21-16-10-26(6-5-18(16)25-30-21)9-13-1-3-14(4-2-13)27-12-23-11-24-27/h1-4,7-8,11-12,28-29H,5-6,9-10H2. The molecule has 9 heteroatoms. The number of nitrogens with zero attached hydrogens (tertiary/aromatic N) is 5. The predicted molar refractivity (Wildman–Crippen MR) is 109 cm³/mol. The van der Waals surface area contributed by atoms with Crippen molar-refractivity contribution in [3.8, 4) is 28.5 Å². The van der Waals surface area contributed by atoms with Gasteiger partial charge >= 0.3 is 0 Å². The van der Waals surface area contributed by atoms with Crippen LogP contribution in [0.15, 0.2) is 53.6 Å². The molecular weight excluding hydrogens is 406 g/mol. The molecule has 8 nitrogen and oxygen atoms in total. The molecule has 1 aliphatic rings. The van der Waals surface area contributed by atoms with Crippen LogP contribution >= 0.6 is 11.6 Å². The Balaban J connectivity index is 1.37. The highest BCUT2D eigenvalue weighted by molar-refractivity contribution is 6.32. The zero-order valence-corrected chi connectivity index (χ0v) is 16.6. The molecule has 5 rings (SSSR count). The van der Waals surface area contributed by atoms with Gasteiger partial charge in [0.1, 0.15) is 24.2 Å². The van der Waals surface area contributed by atoms with Crippen molar-refractivity contribution in [3.63, 3.8) is 0 Å². The van der Waals surface area contributed by atoms with Crippen LogP contribution in [0.5, 0.6) is 11.5 Å². The first-order chi connectivity index (χ1) is 14.6. The van der Waals surface area contributed by atoms with E-state index in [-0.39, 0.29) is 16.5 Å². The van der Waals surface area contributed by atoms with Crippen molar-refractivity contribution in [2.75, 3.05) is 6.54 Å². The lowest BCUT2D eigenvalue weighted by molar-refractivity contribution is 0.245. The third-order valence-corrected chi connectivity index (χ3v) is 5.55. The van der Waals surface area contributed by atoms with Crippen molar-refractivity contribution in [2.45, 2.75) is 19.5 Å². The van der Waals surface area contributed by atoms with Crippen LogP contribution in [0.2, 0.25) is 5.02 Å². The third-order valence-electron chi connectivity index (χ3n) is 5.25. The molecule has 1 aliphatic heterocycles. The number of aromatic nitrogens is 4. The van der Waals surface area contributed by atoms with Gasteiger partial charge in [0.15, 0.2) is 5.76 Å². The van der Waals surface area contributed by atoms with E-state index in [1.165, 1.54) is 24.0 Å². The second-order valence-corrected chi connectivity index (χ2v) is 7.63. The lowest BCUT2D eigenvalue weighted by Crippen LogP contribution is -2.30. The van der Waals surface area contributed by atoms with Crippen LogP contribution in [-0.4, -0.2) is 41.6 Å². The molecule has 0 atom stereocenters. The monoisotopic (exact) mass is 423 g/mol. The van der Waals surface area contributed by atoms with Gasteiger partial charge in [-0.25, -0.2) is 9.67 Å². The van der Waals surface area contributed by atoms with Crippen LogP contribution in [0.4, 0.5) is 0 Å². The number of aromatic hydroxyl groups is 2. The number of phenols is 2. The van der Waals surface area contributed by atoms with Gasteiger partial charge < -0.3 is 14.7 Å². The maximum Gasteiger partial charge on any atom is 0.175 e. The molecule has 3 heterocycles. The van der Waals surface area contributed by atoms with Crippen molar-refractivity contribution in [1.82, 2.24) is 24.8 Å². The quantitative estimate of drug-likeness (QED) is 0.517. The molecule has 0 aliphatic carbocycles. The minimum Gasteiger partial charge on any atom is -0.507 e. The number of benzene rings is 2. The highest BCUT2D eigenvalue weighted by Gasteiger charge is 2.26. The van der Waals surface area contributed by atoms with Crippen LogP contribution in [-0.2, 0) is 19.5 Å². The largest absolute Gasteiger partial charge is 0.507 e. The summed E-state index contributed by atoms with van der Waals surface area (Å²) in [6, 6.07) is 10.9. The topological polar surface area (TPSA) is 100 Å². The molecule has 0 radical (unpaired) electrons. The fourth-order valence-electron chi connectivity index (χ4n) is 3.70. The second kappa shape index (κ2) is 7.47. The first kappa shape index (κ1) is 18.7. The summed E-state index contributed by atoms with van der Waals surface area (Å²) >= 11 is 6.03. The summed E-state index contributed by atoms with van der Waals surface area (Å²) in [4.78, 5) is 6.27. The third kappa shape index (κ3) is 3.40. The molecule has 2 aromatic carbocycles. The Hall–Kier alpha value is -3.36. The van der Waals surface area contributed by atoms with Crippen LogP contribution in [0.25, 0.3) is 17.0 Å². The maximum absolute atomic E-state index is 10.3. The second-order valence-electron chi connectivity index (χ2n) is 7.22. The molecule has 0 saturated heterocycles. The lowest BCUT2D eigenvalue weighted by atomic mass is 10.0. The Morgan fingerprint density at radius 2 is 1.93 bits per heavy atom. The van der Waals surface area contributed by atoms with Gasteiger partial charge in [0.25, 0.3) is 0 Å². The van der Waals surface area contributed by atoms with Gasteiger partial charge in [-0.3, -0.25) is 4.90 Å². The molecule has 0 saturated carbocycles. The Bertz CT molecular complexity index is 1190. The minimum atomic E-state index is -0.178. The van der Waals surface area contributed by atoms with E-state index >= 15 is 0 Å². The average molecular weight is 424 g/mol. The molecule has 30 heavy (non-hydrogen) atoms. The predicted octanol–water partition coefficient (Wildman–Crippen LogP) is 3.55.